The molecule has 1 rings (SSSR count). The summed E-state index contributed by atoms with van der Waals surface area (Å²) in [6, 6.07) is 11.2. The molecule has 0 bridgehead atoms. The third kappa shape index (κ3) is 5.22. The van der Waals surface area contributed by atoms with Gasteiger partial charge in [0.2, 0.25) is 0 Å². The molecule has 1 aromatic carbocycles. The number of hydrogen-bond acceptors (Lipinski definition) is 3. The van der Waals surface area contributed by atoms with E-state index in [1.165, 1.54) is 11.3 Å². The van der Waals surface area contributed by atoms with E-state index in [0.29, 0.717) is 6.04 Å². The van der Waals surface area contributed by atoms with Crippen LogP contribution in [0, 0.1) is 18.3 Å². The monoisotopic (exact) mass is 273 g/mol. The molecule has 110 valence electrons. The summed E-state index contributed by atoms with van der Waals surface area (Å²) >= 11 is 0. The minimum atomic E-state index is -0.429. The van der Waals surface area contributed by atoms with Crippen LogP contribution in [-0.4, -0.2) is 25.2 Å². The zero-order valence-corrected chi connectivity index (χ0v) is 13.4. The molecule has 0 amide bonds. The number of aryl methyl sites for hydroxylation is 1. The first-order valence-corrected chi connectivity index (χ1v) is 7.33. The summed E-state index contributed by atoms with van der Waals surface area (Å²) in [6.45, 7) is 9.21. The number of nitrogens with zero attached hydrogens (tertiary/aromatic N) is 2. The standard InChI is InChI=1S/C17H27N3/c1-14(2)19-17(4,13-18)10-7-11-20(5)16-9-6-8-15(3)12-16/h6,8-9,12,14,19H,7,10-11H2,1-5H3. The Labute approximate surface area is 123 Å². The highest BCUT2D eigenvalue weighted by Gasteiger charge is 2.23. The maximum atomic E-state index is 9.33. The Morgan fingerprint density at radius 1 is 1.40 bits per heavy atom. The van der Waals surface area contributed by atoms with E-state index < -0.39 is 5.54 Å². The van der Waals surface area contributed by atoms with Crippen LogP contribution in [0.5, 0.6) is 0 Å². The van der Waals surface area contributed by atoms with Gasteiger partial charge in [0, 0.05) is 25.3 Å². The molecule has 3 heteroatoms. The summed E-state index contributed by atoms with van der Waals surface area (Å²) < 4.78 is 0. The van der Waals surface area contributed by atoms with Crippen LogP contribution in [0.1, 0.15) is 39.2 Å². The van der Waals surface area contributed by atoms with E-state index in [1.807, 2.05) is 6.92 Å². The fourth-order valence-electron chi connectivity index (χ4n) is 2.46. The van der Waals surface area contributed by atoms with Crippen molar-refractivity contribution in [2.24, 2.45) is 0 Å². The van der Waals surface area contributed by atoms with E-state index in [4.69, 9.17) is 0 Å². The number of nitriles is 1. The molecule has 0 fully saturated rings. The minimum absolute atomic E-state index is 0.328. The van der Waals surface area contributed by atoms with Crippen LogP contribution in [0.4, 0.5) is 5.69 Å². The summed E-state index contributed by atoms with van der Waals surface area (Å²) in [6.07, 6.45) is 1.85. The molecule has 0 saturated carbocycles. The van der Waals surface area contributed by atoms with Crippen LogP contribution in [0.3, 0.4) is 0 Å². The zero-order chi connectivity index (χ0) is 15.2. The van der Waals surface area contributed by atoms with Crippen molar-refractivity contribution in [3.8, 4) is 6.07 Å². The molecule has 20 heavy (non-hydrogen) atoms. The van der Waals surface area contributed by atoms with Crippen molar-refractivity contribution in [3.05, 3.63) is 29.8 Å². The molecule has 1 unspecified atom stereocenters. The summed E-state index contributed by atoms with van der Waals surface area (Å²) in [7, 11) is 2.11. The van der Waals surface area contributed by atoms with Gasteiger partial charge in [0.15, 0.2) is 0 Å². The van der Waals surface area contributed by atoms with Gasteiger partial charge in [0.1, 0.15) is 5.54 Å². The lowest BCUT2D eigenvalue weighted by atomic mass is 9.96. The summed E-state index contributed by atoms with van der Waals surface area (Å²) in [5.41, 5.74) is 2.08. The van der Waals surface area contributed by atoms with Gasteiger partial charge in [-0.15, -0.1) is 0 Å². The van der Waals surface area contributed by atoms with E-state index in [2.05, 4.69) is 68.4 Å². The Morgan fingerprint density at radius 3 is 2.65 bits per heavy atom. The van der Waals surface area contributed by atoms with Gasteiger partial charge in [-0.1, -0.05) is 12.1 Å². The van der Waals surface area contributed by atoms with Gasteiger partial charge >= 0.3 is 0 Å². The molecule has 0 aliphatic carbocycles. The van der Waals surface area contributed by atoms with Gasteiger partial charge in [-0.2, -0.15) is 5.26 Å². The SMILES string of the molecule is Cc1cccc(N(C)CCCC(C)(C#N)NC(C)C)c1. The number of benzene rings is 1. The second kappa shape index (κ2) is 7.31. The predicted molar refractivity (Wildman–Crippen MR) is 86.0 cm³/mol. The Balaban J connectivity index is 2.49. The van der Waals surface area contributed by atoms with E-state index in [9.17, 15) is 5.26 Å². The van der Waals surface area contributed by atoms with Gasteiger partial charge in [0.25, 0.3) is 0 Å². The van der Waals surface area contributed by atoms with Gasteiger partial charge in [-0.05, 0) is 58.2 Å². The average molecular weight is 273 g/mol. The average Bonchev–Trinajstić information content (AvgIpc) is 2.37. The zero-order valence-electron chi connectivity index (χ0n) is 13.4. The van der Waals surface area contributed by atoms with Crippen LogP contribution < -0.4 is 10.2 Å². The Hall–Kier alpha value is -1.53. The number of nitrogens with one attached hydrogen (secondary N) is 1. The fraction of sp³-hybridized carbons (Fsp3) is 0.588. The first-order chi connectivity index (χ1) is 9.36. The molecule has 0 radical (unpaired) electrons. The fourth-order valence-corrected chi connectivity index (χ4v) is 2.46. The third-order valence-electron chi connectivity index (χ3n) is 3.47. The second-order valence-electron chi connectivity index (χ2n) is 6.11. The molecule has 0 aromatic heterocycles. The molecular formula is C17H27N3. The molecule has 0 aliphatic rings. The highest BCUT2D eigenvalue weighted by atomic mass is 15.1. The van der Waals surface area contributed by atoms with Crippen LogP contribution in [0.15, 0.2) is 24.3 Å². The van der Waals surface area contributed by atoms with Crippen molar-refractivity contribution in [2.45, 2.75) is 52.1 Å². The lowest BCUT2D eigenvalue weighted by Crippen LogP contribution is -2.45. The van der Waals surface area contributed by atoms with Crippen molar-refractivity contribution >= 4 is 5.69 Å². The van der Waals surface area contributed by atoms with Crippen molar-refractivity contribution in [3.63, 3.8) is 0 Å². The molecule has 0 aliphatic heterocycles. The number of hydrogen-bond donors (Lipinski definition) is 1. The Morgan fingerprint density at radius 2 is 2.10 bits per heavy atom. The van der Waals surface area contributed by atoms with Crippen molar-refractivity contribution in [1.82, 2.24) is 5.32 Å². The summed E-state index contributed by atoms with van der Waals surface area (Å²) in [4.78, 5) is 2.25. The molecule has 1 aromatic rings. The maximum absolute atomic E-state index is 9.33. The van der Waals surface area contributed by atoms with E-state index >= 15 is 0 Å². The number of rotatable bonds is 7. The summed E-state index contributed by atoms with van der Waals surface area (Å²) in [5.74, 6) is 0. The van der Waals surface area contributed by atoms with Crippen LogP contribution in [0.25, 0.3) is 0 Å². The van der Waals surface area contributed by atoms with Crippen LogP contribution in [0.2, 0.25) is 0 Å². The largest absolute Gasteiger partial charge is 0.375 e. The predicted octanol–water partition coefficient (Wildman–Crippen LogP) is 3.49. The Kier molecular flexibility index (Phi) is 6.04. The first-order valence-electron chi connectivity index (χ1n) is 7.33. The van der Waals surface area contributed by atoms with Gasteiger partial charge < -0.3 is 4.90 Å². The maximum Gasteiger partial charge on any atom is 0.104 e. The van der Waals surface area contributed by atoms with Gasteiger partial charge in [0.05, 0.1) is 6.07 Å². The topological polar surface area (TPSA) is 39.1 Å². The molecule has 0 heterocycles. The van der Waals surface area contributed by atoms with Crippen LogP contribution in [-0.2, 0) is 0 Å². The normalized spacial score (nSPS) is 13.8. The van der Waals surface area contributed by atoms with Crippen molar-refractivity contribution < 1.29 is 0 Å². The number of anilines is 1. The van der Waals surface area contributed by atoms with Crippen LogP contribution >= 0.6 is 0 Å². The quantitative estimate of drug-likeness (QED) is 0.826. The van der Waals surface area contributed by atoms with Crippen molar-refractivity contribution in [2.75, 3.05) is 18.5 Å². The molecule has 1 atom stereocenters. The lowest BCUT2D eigenvalue weighted by molar-refractivity contribution is 0.375. The molecule has 0 saturated heterocycles. The molecule has 3 nitrogen and oxygen atoms in total. The van der Waals surface area contributed by atoms with Crippen molar-refractivity contribution in [1.29, 1.82) is 5.26 Å². The van der Waals surface area contributed by atoms with E-state index in [1.54, 1.807) is 0 Å². The van der Waals surface area contributed by atoms with Gasteiger partial charge in [-0.25, -0.2) is 0 Å². The van der Waals surface area contributed by atoms with E-state index in [-0.39, 0.29) is 0 Å². The lowest BCUT2D eigenvalue weighted by Gasteiger charge is -2.27. The Bertz CT molecular complexity index is 462. The highest BCUT2D eigenvalue weighted by Crippen LogP contribution is 2.17. The summed E-state index contributed by atoms with van der Waals surface area (Å²) in [5, 5.41) is 12.7. The van der Waals surface area contributed by atoms with Gasteiger partial charge in [-0.3, -0.25) is 5.32 Å². The highest BCUT2D eigenvalue weighted by molar-refractivity contribution is 5.47. The first kappa shape index (κ1) is 16.5. The second-order valence-corrected chi connectivity index (χ2v) is 6.11. The molecule has 1 N–H and O–H groups in total. The smallest absolute Gasteiger partial charge is 0.104 e. The van der Waals surface area contributed by atoms with E-state index in [0.717, 1.165) is 19.4 Å². The molecular weight excluding hydrogens is 246 g/mol. The molecule has 0 spiro atoms. The minimum Gasteiger partial charge on any atom is -0.375 e. The third-order valence-corrected chi connectivity index (χ3v) is 3.47.